The number of benzene rings is 3. The fourth-order valence-electron chi connectivity index (χ4n) is 3.08. The molecule has 4 rings (SSSR count). The summed E-state index contributed by atoms with van der Waals surface area (Å²) in [6, 6.07) is 18.8. The van der Waals surface area contributed by atoms with Crippen molar-refractivity contribution in [2.45, 2.75) is 0 Å². The van der Waals surface area contributed by atoms with Gasteiger partial charge in [0, 0.05) is 14.1 Å². The van der Waals surface area contributed by atoms with E-state index >= 15 is 0 Å². The summed E-state index contributed by atoms with van der Waals surface area (Å²) in [6.45, 7) is 0. The van der Waals surface area contributed by atoms with Crippen LogP contribution in [0.1, 0.15) is 5.56 Å². The first kappa shape index (κ1) is 15.0. The van der Waals surface area contributed by atoms with E-state index in [1.54, 1.807) is 19.0 Å². The van der Waals surface area contributed by atoms with Crippen LogP contribution in [0.3, 0.4) is 0 Å². The van der Waals surface area contributed by atoms with Gasteiger partial charge in [-0.05, 0) is 51.0 Å². The van der Waals surface area contributed by atoms with Gasteiger partial charge in [-0.3, -0.25) is 14.7 Å². The predicted octanol–water partition coefficient (Wildman–Crippen LogP) is 4.52. The molecule has 0 bridgehead atoms. The molecular weight excluding hydrogens is 316 g/mol. The molecule has 118 valence electrons. The summed E-state index contributed by atoms with van der Waals surface area (Å²) < 4.78 is 0. The number of hydrogen-bond acceptors (Lipinski definition) is 3. The van der Waals surface area contributed by atoms with Crippen LogP contribution >= 0.6 is 11.8 Å². The fraction of sp³-hybridized carbons (Fsp3) is 0.100. The van der Waals surface area contributed by atoms with Gasteiger partial charge in [0.05, 0.1) is 4.91 Å². The molecule has 1 fully saturated rings. The number of thioether (sulfide) groups is 1. The van der Waals surface area contributed by atoms with E-state index < -0.39 is 0 Å². The van der Waals surface area contributed by atoms with E-state index in [9.17, 15) is 4.79 Å². The molecule has 0 unspecified atom stereocenters. The Hall–Kier alpha value is -2.59. The lowest BCUT2D eigenvalue weighted by atomic mass is 9.96. The molecule has 0 radical (unpaired) electrons. The van der Waals surface area contributed by atoms with Gasteiger partial charge in [0.25, 0.3) is 5.91 Å². The largest absolute Gasteiger partial charge is 0.290 e. The lowest BCUT2D eigenvalue weighted by Gasteiger charge is -2.09. The lowest BCUT2D eigenvalue weighted by molar-refractivity contribution is -0.121. The highest BCUT2D eigenvalue weighted by molar-refractivity contribution is 8.18. The smallest absolute Gasteiger partial charge is 0.266 e. The SMILES string of the molecule is CN=C1S/C(=C/c2c3ccccc3cc3ccccc23)C(=O)N1C. The third-order valence-electron chi connectivity index (χ3n) is 4.28. The van der Waals surface area contributed by atoms with Crippen molar-refractivity contribution in [2.75, 3.05) is 14.1 Å². The van der Waals surface area contributed by atoms with Gasteiger partial charge in [-0.15, -0.1) is 0 Å². The van der Waals surface area contributed by atoms with Gasteiger partial charge in [0.2, 0.25) is 0 Å². The molecule has 0 saturated carbocycles. The second kappa shape index (κ2) is 5.80. The van der Waals surface area contributed by atoms with E-state index in [0.29, 0.717) is 4.91 Å². The Bertz CT molecular complexity index is 982. The van der Waals surface area contributed by atoms with Crippen LogP contribution in [0.5, 0.6) is 0 Å². The molecule has 24 heavy (non-hydrogen) atoms. The Morgan fingerprint density at radius 3 is 2.12 bits per heavy atom. The van der Waals surface area contributed by atoms with Crippen LogP contribution in [0.15, 0.2) is 64.5 Å². The number of amides is 1. The predicted molar refractivity (Wildman–Crippen MR) is 103 cm³/mol. The minimum absolute atomic E-state index is 0.00221. The summed E-state index contributed by atoms with van der Waals surface area (Å²) in [6.07, 6.45) is 2.01. The molecule has 0 aliphatic carbocycles. The van der Waals surface area contributed by atoms with Gasteiger partial charge in [0.15, 0.2) is 5.17 Å². The molecule has 4 heteroatoms. The van der Waals surface area contributed by atoms with Crippen molar-refractivity contribution in [3.63, 3.8) is 0 Å². The average Bonchev–Trinajstić information content (AvgIpc) is 2.89. The molecule has 3 aromatic carbocycles. The quantitative estimate of drug-likeness (QED) is 0.485. The normalized spacial score (nSPS) is 18.4. The molecule has 1 aliphatic rings. The molecule has 0 spiro atoms. The zero-order valence-corrected chi connectivity index (χ0v) is 14.3. The van der Waals surface area contributed by atoms with Gasteiger partial charge in [-0.2, -0.15) is 0 Å². The van der Waals surface area contributed by atoms with Crippen LogP contribution in [-0.4, -0.2) is 30.1 Å². The zero-order chi connectivity index (χ0) is 16.7. The number of hydrogen-bond donors (Lipinski definition) is 0. The maximum Gasteiger partial charge on any atom is 0.266 e. The van der Waals surface area contributed by atoms with Gasteiger partial charge < -0.3 is 0 Å². The highest BCUT2D eigenvalue weighted by Crippen LogP contribution is 2.35. The van der Waals surface area contributed by atoms with Crippen molar-refractivity contribution in [3.8, 4) is 0 Å². The number of nitrogens with zero attached hydrogens (tertiary/aromatic N) is 2. The molecular formula is C20H16N2OS. The summed E-state index contributed by atoms with van der Waals surface area (Å²) in [4.78, 5) is 19.0. The molecule has 1 amide bonds. The van der Waals surface area contributed by atoms with Crippen LogP contribution < -0.4 is 0 Å². The molecule has 3 aromatic rings. The first-order valence-corrected chi connectivity index (χ1v) is 8.55. The van der Waals surface area contributed by atoms with Gasteiger partial charge in [-0.25, -0.2) is 0 Å². The van der Waals surface area contributed by atoms with Crippen LogP contribution in [0.25, 0.3) is 27.6 Å². The molecule has 1 aliphatic heterocycles. The van der Waals surface area contributed by atoms with Crippen molar-refractivity contribution in [2.24, 2.45) is 4.99 Å². The molecule has 0 atom stereocenters. The van der Waals surface area contributed by atoms with Crippen LogP contribution in [0.2, 0.25) is 0 Å². The lowest BCUT2D eigenvalue weighted by Crippen LogP contribution is -2.23. The summed E-state index contributed by atoms with van der Waals surface area (Å²) >= 11 is 1.43. The van der Waals surface area contributed by atoms with E-state index in [2.05, 4.69) is 35.3 Å². The van der Waals surface area contributed by atoms with E-state index in [1.165, 1.54) is 22.5 Å². The minimum atomic E-state index is -0.00221. The van der Waals surface area contributed by atoms with Crippen molar-refractivity contribution in [3.05, 3.63) is 65.1 Å². The van der Waals surface area contributed by atoms with Crippen molar-refractivity contribution in [1.82, 2.24) is 4.90 Å². The third kappa shape index (κ3) is 2.31. The Kier molecular flexibility index (Phi) is 3.62. The van der Waals surface area contributed by atoms with Crippen LogP contribution in [0.4, 0.5) is 0 Å². The number of fused-ring (bicyclic) bond motifs is 2. The minimum Gasteiger partial charge on any atom is -0.290 e. The molecule has 3 nitrogen and oxygen atoms in total. The Morgan fingerprint density at radius 1 is 1.00 bits per heavy atom. The van der Waals surface area contributed by atoms with Gasteiger partial charge in [0.1, 0.15) is 0 Å². The van der Waals surface area contributed by atoms with Crippen molar-refractivity contribution in [1.29, 1.82) is 0 Å². The highest BCUT2D eigenvalue weighted by atomic mass is 32.2. The van der Waals surface area contributed by atoms with Gasteiger partial charge >= 0.3 is 0 Å². The molecule has 1 saturated heterocycles. The Morgan fingerprint density at radius 2 is 1.58 bits per heavy atom. The van der Waals surface area contributed by atoms with E-state index in [4.69, 9.17) is 0 Å². The monoisotopic (exact) mass is 332 g/mol. The summed E-state index contributed by atoms with van der Waals surface area (Å²) in [5.74, 6) is -0.00221. The number of aliphatic imine (C=N–C) groups is 1. The summed E-state index contributed by atoms with van der Waals surface area (Å²) in [7, 11) is 3.47. The molecule has 1 heterocycles. The maximum absolute atomic E-state index is 12.5. The number of likely N-dealkylation sites (N-methyl/N-ethyl adjacent to an activating group) is 1. The highest BCUT2D eigenvalue weighted by Gasteiger charge is 2.30. The first-order chi connectivity index (χ1) is 11.7. The summed E-state index contributed by atoms with van der Waals surface area (Å²) in [5, 5.41) is 5.39. The maximum atomic E-state index is 12.5. The topological polar surface area (TPSA) is 32.7 Å². The van der Waals surface area contributed by atoms with E-state index in [1.807, 2.05) is 30.3 Å². The molecule has 0 aromatic heterocycles. The van der Waals surface area contributed by atoms with Crippen LogP contribution in [-0.2, 0) is 4.79 Å². The number of carbonyl (C=O) groups excluding carboxylic acids is 1. The van der Waals surface area contributed by atoms with Crippen molar-refractivity contribution < 1.29 is 4.79 Å². The van der Waals surface area contributed by atoms with Crippen molar-refractivity contribution >= 4 is 50.5 Å². The average molecular weight is 332 g/mol. The van der Waals surface area contributed by atoms with Gasteiger partial charge in [-0.1, -0.05) is 48.5 Å². The fourth-order valence-corrected chi connectivity index (χ4v) is 3.99. The Balaban J connectivity index is 2.01. The second-order valence-corrected chi connectivity index (χ2v) is 6.72. The number of amidine groups is 1. The Labute approximate surface area is 144 Å². The number of rotatable bonds is 1. The third-order valence-corrected chi connectivity index (χ3v) is 5.43. The van der Waals surface area contributed by atoms with E-state index in [0.717, 1.165) is 21.5 Å². The van der Waals surface area contributed by atoms with E-state index in [-0.39, 0.29) is 5.91 Å². The molecule has 0 N–H and O–H groups in total. The number of carbonyl (C=O) groups is 1. The zero-order valence-electron chi connectivity index (χ0n) is 13.5. The first-order valence-electron chi connectivity index (χ1n) is 7.74. The summed E-state index contributed by atoms with van der Waals surface area (Å²) in [5.41, 5.74) is 1.09. The standard InChI is InChI=1S/C20H16N2OS/c1-21-20-22(2)19(23)18(24-20)12-17-15-9-5-3-7-13(15)11-14-8-4-6-10-16(14)17/h3-12H,1-2H3/b18-12+,21-20?. The second-order valence-electron chi connectivity index (χ2n) is 5.71. The van der Waals surface area contributed by atoms with Crippen LogP contribution in [0, 0.1) is 0 Å².